The van der Waals surface area contributed by atoms with Crippen molar-refractivity contribution in [3.63, 3.8) is 0 Å². The smallest absolute Gasteiger partial charge is 0.287 e. The van der Waals surface area contributed by atoms with E-state index in [4.69, 9.17) is 16.3 Å². The molecule has 0 radical (unpaired) electrons. The lowest BCUT2D eigenvalue weighted by atomic mass is 10.2. The summed E-state index contributed by atoms with van der Waals surface area (Å²) in [5.41, 5.74) is 0.102. The summed E-state index contributed by atoms with van der Waals surface area (Å²) in [5.74, 6) is 0.376. The predicted molar refractivity (Wildman–Crippen MR) is 72.6 cm³/mol. The summed E-state index contributed by atoms with van der Waals surface area (Å²) in [6.07, 6.45) is 3.23. The Balaban J connectivity index is 2.00. The normalized spacial score (nSPS) is 16.4. The molecule has 1 unspecified atom stereocenters. The van der Waals surface area contributed by atoms with E-state index >= 15 is 0 Å². The third kappa shape index (κ3) is 3.68. The van der Waals surface area contributed by atoms with Crippen LogP contribution in [0.3, 0.4) is 0 Å². The Kier molecular flexibility index (Phi) is 4.79. The Morgan fingerprint density at radius 2 is 2.42 bits per heavy atom. The van der Waals surface area contributed by atoms with Crippen LogP contribution in [0.4, 0.5) is 5.69 Å². The summed E-state index contributed by atoms with van der Waals surface area (Å²) in [5, 5.41) is 16.8. The lowest BCUT2D eigenvalue weighted by Crippen LogP contribution is -2.27. The van der Waals surface area contributed by atoms with Crippen LogP contribution < -0.4 is 10.9 Å². The lowest BCUT2D eigenvalue weighted by molar-refractivity contribution is 0.164. The van der Waals surface area contributed by atoms with Gasteiger partial charge in [0.25, 0.3) is 5.56 Å². The van der Waals surface area contributed by atoms with E-state index in [1.54, 1.807) is 7.11 Å². The van der Waals surface area contributed by atoms with Crippen molar-refractivity contribution in [1.82, 2.24) is 9.78 Å². The molecular formula is C12H18ClN3O3. The third-order valence-electron chi connectivity index (χ3n) is 3.16. The molecule has 1 saturated carbocycles. The number of rotatable bonds is 7. The van der Waals surface area contributed by atoms with Crippen molar-refractivity contribution in [3.05, 3.63) is 21.6 Å². The first-order chi connectivity index (χ1) is 9.13. The summed E-state index contributed by atoms with van der Waals surface area (Å²) in [4.78, 5) is 11.9. The van der Waals surface area contributed by atoms with E-state index in [0.29, 0.717) is 31.3 Å². The minimum absolute atomic E-state index is 0.0918. The molecular weight excluding hydrogens is 270 g/mol. The number of aliphatic hydroxyl groups excluding tert-OH is 1. The molecule has 1 fully saturated rings. The fraction of sp³-hybridized carbons (Fsp3) is 0.667. The second-order valence-electron chi connectivity index (χ2n) is 4.68. The van der Waals surface area contributed by atoms with Gasteiger partial charge in [-0.3, -0.25) is 4.79 Å². The minimum atomic E-state index is -0.396. The van der Waals surface area contributed by atoms with Crippen LogP contribution in [-0.2, 0) is 11.3 Å². The van der Waals surface area contributed by atoms with Crippen LogP contribution in [0.2, 0.25) is 5.02 Å². The molecule has 1 aromatic heterocycles. The average Bonchev–Trinajstić information content (AvgIpc) is 3.23. The standard InChI is InChI=1S/C12H18ClN3O3/c1-19-5-4-16-12(18)11(13)9(6-15-16)14-7-10(17)8-2-3-8/h6,8,10,14,17H,2-5,7H2,1H3. The maximum atomic E-state index is 11.9. The molecule has 1 aliphatic carbocycles. The van der Waals surface area contributed by atoms with Gasteiger partial charge in [0.05, 0.1) is 31.1 Å². The fourth-order valence-corrected chi connectivity index (χ4v) is 2.00. The number of nitrogens with zero attached hydrogens (tertiary/aromatic N) is 2. The number of aliphatic hydroxyl groups is 1. The summed E-state index contributed by atoms with van der Waals surface area (Å²) in [7, 11) is 1.56. The monoisotopic (exact) mass is 287 g/mol. The van der Waals surface area contributed by atoms with Gasteiger partial charge >= 0.3 is 0 Å². The summed E-state index contributed by atoms with van der Waals surface area (Å²) >= 11 is 6.00. The lowest BCUT2D eigenvalue weighted by Gasteiger charge is -2.13. The minimum Gasteiger partial charge on any atom is -0.391 e. The molecule has 0 aromatic carbocycles. The highest BCUT2D eigenvalue weighted by atomic mass is 35.5. The Hall–Kier alpha value is -1.11. The van der Waals surface area contributed by atoms with Crippen LogP contribution in [0.15, 0.2) is 11.0 Å². The van der Waals surface area contributed by atoms with Crippen molar-refractivity contribution in [1.29, 1.82) is 0 Å². The Bertz CT molecular complexity index is 488. The molecule has 7 heteroatoms. The molecule has 1 heterocycles. The van der Waals surface area contributed by atoms with E-state index in [9.17, 15) is 9.90 Å². The second-order valence-corrected chi connectivity index (χ2v) is 5.06. The molecule has 6 nitrogen and oxygen atoms in total. The van der Waals surface area contributed by atoms with E-state index in [1.165, 1.54) is 10.9 Å². The largest absolute Gasteiger partial charge is 0.391 e. The summed E-state index contributed by atoms with van der Waals surface area (Å²) < 4.78 is 6.15. The van der Waals surface area contributed by atoms with E-state index in [-0.39, 0.29) is 10.6 Å². The van der Waals surface area contributed by atoms with Crippen LogP contribution in [-0.4, -0.2) is 41.3 Å². The van der Waals surface area contributed by atoms with Gasteiger partial charge in [0.1, 0.15) is 5.02 Å². The zero-order chi connectivity index (χ0) is 13.8. The zero-order valence-corrected chi connectivity index (χ0v) is 11.6. The van der Waals surface area contributed by atoms with Crippen LogP contribution >= 0.6 is 11.6 Å². The van der Waals surface area contributed by atoms with Gasteiger partial charge in [-0.25, -0.2) is 4.68 Å². The average molecular weight is 288 g/mol. The van der Waals surface area contributed by atoms with Crippen LogP contribution in [0.1, 0.15) is 12.8 Å². The van der Waals surface area contributed by atoms with Crippen LogP contribution in [0.5, 0.6) is 0 Å². The van der Waals surface area contributed by atoms with Crippen molar-refractivity contribution >= 4 is 17.3 Å². The summed E-state index contributed by atoms with van der Waals surface area (Å²) in [6.45, 7) is 1.14. The van der Waals surface area contributed by atoms with Gasteiger partial charge in [0.2, 0.25) is 0 Å². The number of hydrogen-bond donors (Lipinski definition) is 2. The van der Waals surface area contributed by atoms with Crippen molar-refractivity contribution in [2.75, 3.05) is 25.6 Å². The molecule has 0 amide bonds. The van der Waals surface area contributed by atoms with Gasteiger partial charge in [-0.1, -0.05) is 11.6 Å². The maximum Gasteiger partial charge on any atom is 0.287 e. The molecule has 0 spiro atoms. The van der Waals surface area contributed by atoms with E-state index < -0.39 is 6.10 Å². The van der Waals surface area contributed by atoms with E-state index in [1.807, 2.05) is 0 Å². The van der Waals surface area contributed by atoms with E-state index in [0.717, 1.165) is 12.8 Å². The zero-order valence-electron chi connectivity index (χ0n) is 10.8. The Morgan fingerprint density at radius 1 is 1.68 bits per heavy atom. The molecule has 1 aliphatic rings. The first-order valence-corrected chi connectivity index (χ1v) is 6.67. The molecule has 1 atom stereocenters. The highest BCUT2D eigenvalue weighted by molar-refractivity contribution is 6.32. The van der Waals surface area contributed by atoms with Gasteiger partial charge in [-0.15, -0.1) is 0 Å². The highest BCUT2D eigenvalue weighted by Gasteiger charge is 2.29. The number of aromatic nitrogens is 2. The van der Waals surface area contributed by atoms with Crippen LogP contribution in [0.25, 0.3) is 0 Å². The number of ether oxygens (including phenoxy) is 1. The van der Waals surface area contributed by atoms with Gasteiger partial charge in [0, 0.05) is 13.7 Å². The van der Waals surface area contributed by atoms with Gasteiger partial charge < -0.3 is 15.2 Å². The topological polar surface area (TPSA) is 76.4 Å². The van der Waals surface area contributed by atoms with Crippen molar-refractivity contribution in [3.8, 4) is 0 Å². The Morgan fingerprint density at radius 3 is 3.05 bits per heavy atom. The van der Waals surface area contributed by atoms with Gasteiger partial charge in [-0.2, -0.15) is 5.10 Å². The fourth-order valence-electron chi connectivity index (χ4n) is 1.79. The second kappa shape index (κ2) is 6.36. The number of hydrogen-bond acceptors (Lipinski definition) is 5. The SMILES string of the molecule is COCCn1ncc(NCC(O)C2CC2)c(Cl)c1=O. The molecule has 1 aromatic rings. The van der Waals surface area contributed by atoms with Gasteiger partial charge in [0.15, 0.2) is 0 Å². The van der Waals surface area contributed by atoms with E-state index in [2.05, 4.69) is 10.4 Å². The predicted octanol–water partition coefficient (Wildman–Crippen LogP) is 0.726. The number of nitrogens with one attached hydrogen (secondary N) is 1. The maximum absolute atomic E-state index is 11.9. The number of methoxy groups -OCH3 is 1. The summed E-state index contributed by atoms with van der Waals surface area (Å²) in [6, 6.07) is 0. The quantitative estimate of drug-likeness (QED) is 0.773. The van der Waals surface area contributed by atoms with Crippen molar-refractivity contribution < 1.29 is 9.84 Å². The molecule has 0 bridgehead atoms. The first-order valence-electron chi connectivity index (χ1n) is 6.30. The van der Waals surface area contributed by atoms with Crippen molar-refractivity contribution in [2.45, 2.75) is 25.5 Å². The van der Waals surface area contributed by atoms with Crippen LogP contribution in [0, 0.1) is 5.92 Å². The highest BCUT2D eigenvalue weighted by Crippen LogP contribution is 2.32. The van der Waals surface area contributed by atoms with Crippen molar-refractivity contribution in [2.24, 2.45) is 5.92 Å². The molecule has 19 heavy (non-hydrogen) atoms. The molecule has 2 rings (SSSR count). The molecule has 0 saturated heterocycles. The Labute approximate surface area is 116 Å². The molecule has 106 valence electrons. The third-order valence-corrected chi connectivity index (χ3v) is 3.53. The first kappa shape index (κ1) is 14.3. The van der Waals surface area contributed by atoms with Gasteiger partial charge in [-0.05, 0) is 18.8 Å². The molecule has 2 N–H and O–H groups in total. The molecule has 0 aliphatic heterocycles. The number of halogens is 1. The number of anilines is 1.